The van der Waals surface area contributed by atoms with E-state index in [2.05, 4.69) is 12.6 Å². The maximum Gasteiger partial charge on any atom is 0.194 e. The van der Waals surface area contributed by atoms with Crippen LogP contribution in [0, 0.1) is 5.41 Å². The normalized spacial score (nSPS) is 13.7. The molecule has 1 aromatic rings. The van der Waals surface area contributed by atoms with Crippen molar-refractivity contribution >= 4 is 17.7 Å². The zero-order valence-electron chi connectivity index (χ0n) is 8.27. The first-order valence-corrected chi connectivity index (χ1v) is 4.87. The number of hydrogen-bond donors (Lipinski definition) is 2. The molecule has 1 aromatic carbocycles. The molecule has 0 spiro atoms. The Morgan fingerprint density at radius 2 is 1.86 bits per heavy atom. The van der Waals surface area contributed by atoms with Crippen molar-refractivity contribution in [3.63, 3.8) is 0 Å². The molecule has 14 heavy (non-hydrogen) atoms. The van der Waals surface area contributed by atoms with Crippen LogP contribution in [-0.4, -0.2) is 10.2 Å². The summed E-state index contributed by atoms with van der Waals surface area (Å²) in [6.45, 7) is 3.36. The van der Waals surface area contributed by atoms with Crippen LogP contribution in [0.1, 0.15) is 25.5 Å². The molecule has 1 atom stereocenters. The summed E-state index contributed by atoms with van der Waals surface area (Å²) in [5, 5.41) is 9.64. The quantitative estimate of drug-likeness (QED) is 0.750. The molecular weight excluding hydrogens is 196 g/mol. The van der Waals surface area contributed by atoms with Gasteiger partial charge in [0, 0.05) is 0 Å². The highest BCUT2D eigenvalue weighted by Crippen LogP contribution is 2.34. The summed E-state index contributed by atoms with van der Waals surface area (Å²) < 4.78 is 0. The number of thiol groups is 1. The molecule has 2 nitrogen and oxygen atoms in total. The van der Waals surface area contributed by atoms with E-state index in [-0.39, 0.29) is 5.12 Å². The van der Waals surface area contributed by atoms with Crippen LogP contribution in [0.3, 0.4) is 0 Å². The molecule has 0 saturated heterocycles. The fourth-order valence-electron chi connectivity index (χ4n) is 1.17. The van der Waals surface area contributed by atoms with E-state index in [0.29, 0.717) is 0 Å². The van der Waals surface area contributed by atoms with Gasteiger partial charge in [0.05, 0.1) is 11.5 Å². The maximum atomic E-state index is 11.2. The lowest BCUT2D eigenvalue weighted by Crippen LogP contribution is -2.28. The van der Waals surface area contributed by atoms with Crippen molar-refractivity contribution in [1.29, 1.82) is 0 Å². The highest BCUT2D eigenvalue weighted by atomic mass is 32.1. The van der Waals surface area contributed by atoms with Gasteiger partial charge < -0.3 is 5.11 Å². The van der Waals surface area contributed by atoms with Crippen LogP contribution < -0.4 is 0 Å². The fraction of sp³-hybridized carbons (Fsp3) is 0.364. The van der Waals surface area contributed by atoms with E-state index in [1.807, 2.05) is 18.2 Å². The molecule has 0 radical (unpaired) electrons. The van der Waals surface area contributed by atoms with Crippen molar-refractivity contribution in [3.05, 3.63) is 35.9 Å². The number of carbonyl (C=O) groups is 1. The minimum absolute atomic E-state index is 0.311. The summed E-state index contributed by atoms with van der Waals surface area (Å²) in [4.78, 5) is 11.2. The second-order valence-corrected chi connectivity index (χ2v) is 4.25. The van der Waals surface area contributed by atoms with Gasteiger partial charge in [0.1, 0.15) is 0 Å². The van der Waals surface area contributed by atoms with Crippen LogP contribution in [-0.2, 0) is 4.79 Å². The van der Waals surface area contributed by atoms with E-state index in [4.69, 9.17) is 0 Å². The van der Waals surface area contributed by atoms with Gasteiger partial charge >= 0.3 is 0 Å². The van der Waals surface area contributed by atoms with Crippen LogP contribution >= 0.6 is 12.6 Å². The molecule has 1 unspecified atom stereocenters. The third-order valence-corrected chi connectivity index (χ3v) is 2.93. The number of hydrogen-bond acceptors (Lipinski definition) is 2. The molecule has 76 valence electrons. The van der Waals surface area contributed by atoms with Crippen molar-refractivity contribution in [2.75, 3.05) is 0 Å². The van der Waals surface area contributed by atoms with Gasteiger partial charge in [-0.1, -0.05) is 30.3 Å². The molecule has 0 heterocycles. The van der Waals surface area contributed by atoms with Gasteiger partial charge in [-0.05, 0) is 19.4 Å². The van der Waals surface area contributed by atoms with E-state index >= 15 is 0 Å². The van der Waals surface area contributed by atoms with Crippen molar-refractivity contribution in [2.24, 2.45) is 5.41 Å². The Morgan fingerprint density at radius 1 is 1.36 bits per heavy atom. The van der Waals surface area contributed by atoms with Gasteiger partial charge in [-0.3, -0.25) is 4.79 Å². The van der Waals surface area contributed by atoms with Crippen LogP contribution in [0.4, 0.5) is 0 Å². The molecule has 0 aromatic heterocycles. The average molecular weight is 210 g/mol. The summed E-state index contributed by atoms with van der Waals surface area (Å²) in [7, 11) is 0. The molecule has 0 fully saturated rings. The fourth-order valence-corrected chi connectivity index (χ4v) is 1.29. The summed E-state index contributed by atoms with van der Waals surface area (Å²) in [5.41, 5.74) is -0.121. The molecule has 0 aliphatic carbocycles. The first kappa shape index (κ1) is 11.3. The van der Waals surface area contributed by atoms with Gasteiger partial charge in [0.2, 0.25) is 0 Å². The van der Waals surface area contributed by atoms with Crippen molar-refractivity contribution < 1.29 is 9.90 Å². The number of aliphatic hydroxyl groups is 1. The van der Waals surface area contributed by atoms with Gasteiger partial charge in [0.15, 0.2) is 5.12 Å². The largest absolute Gasteiger partial charge is 0.387 e. The third-order valence-electron chi connectivity index (χ3n) is 2.35. The van der Waals surface area contributed by atoms with Gasteiger partial charge in [0.25, 0.3) is 0 Å². The zero-order valence-corrected chi connectivity index (χ0v) is 9.16. The van der Waals surface area contributed by atoms with Crippen LogP contribution in [0.2, 0.25) is 0 Å². The number of aliphatic hydroxyl groups excluding tert-OH is 1. The Morgan fingerprint density at radius 3 is 2.29 bits per heavy atom. The summed E-state index contributed by atoms with van der Waals surface area (Å²) in [5.74, 6) is 0. The molecule has 0 amide bonds. The van der Waals surface area contributed by atoms with E-state index in [1.54, 1.807) is 26.0 Å². The lowest BCUT2D eigenvalue weighted by molar-refractivity contribution is -0.123. The SMILES string of the molecule is CC(C)(C(=O)S)C(O)c1ccccc1. The molecule has 0 aliphatic heterocycles. The topological polar surface area (TPSA) is 37.3 Å². The molecule has 1 N–H and O–H groups in total. The average Bonchev–Trinajstić information content (AvgIpc) is 2.17. The van der Waals surface area contributed by atoms with Crippen LogP contribution in [0.5, 0.6) is 0 Å². The Kier molecular flexibility index (Phi) is 3.34. The smallest absolute Gasteiger partial charge is 0.194 e. The zero-order chi connectivity index (χ0) is 10.8. The van der Waals surface area contributed by atoms with Crippen molar-refractivity contribution in [3.8, 4) is 0 Å². The molecule has 0 aliphatic rings. The maximum absolute atomic E-state index is 11.2. The number of benzene rings is 1. The molecule has 0 saturated carbocycles. The Hall–Kier alpha value is -0.800. The Labute approximate surface area is 89.4 Å². The lowest BCUT2D eigenvalue weighted by atomic mass is 9.84. The van der Waals surface area contributed by atoms with Crippen molar-refractivity contribution in [1.82, 2.24) is 0 Å². The van der Waals surface area contributed by atoms with Gasteiger partial charge in [-0.2, -0.15) is 0 Å². The highest BCUT2D eigenvalue weighted by molar-refractivity contribution is 7.96. The molecular formula is C11H14O2S. The summed E-state index contributed by atoms with van der Waals surface area (Å²) in [6.07, 6.45) is -0.811. The van der Waals surface area contributed by atoms with Gasteiger partial charge in [-0.15, -0.1) is 12.6 Å². The van der Waals surface area contributed by atoms with Crippen LogP contribution in [0.15, 0.2) is 30.3 Å². The number of rotatable bonds is 3. The van der Waals surface area contributed by atoms with Crippen LogP contribution in [0.25, 0.3) is 0 Å². The summed E-state index contributed by atoms with van der Waals surface area (Å²) >= 11 is 3.77. The predicted molar refractivity (Wildman–Crippen MR) is 59.2 cm³/mol. The van der Waals surface area contributed by atoms with Crippen molar-refractivity contribution in [2.45, 2.75) is 20.0 Å². The minimum Gasteiger partial charge on any atom is -0.387 e. The molecule has 3 heteroatoms. The standard InChI is InChI=1S/C11H14O2S/c1-11(2,10(13)14)9(12)8-6-4-3-5-7-8/h3-7,9,12H,1-2H3,(H,13,14). The van der Waals surface area contributed by atoms with Gasteiger partial charge in [-0.25, -0.2) is 0 Å². The Bertz CT molecular complexity index is 319. The highest BCUT2D eigenvalue weighted by Gasteiger charge is 2.34. The molecule has 0 bridgehead atoms. The minimum atomic E-state index is -0.857. The second-order valence-electron chi connectivity index (χ2n) is 3.84. The summed E-state index contributed by atoms with van der Waals surface area (Å²) in [6, 6.07) is 9.12. The Balaban J connectivity index is 2.96. The van der Waals surface area contributed by atoms with E-state index in [0.717, 1.165) is 5.56 Å². The van der Waals surface area contributed by atoms with E-state index < -0.39 is 11.5 Å². The first-order chi connectivity index (χ1) is 6.46. The van der Waals surface area contributed by atoms with E-state index in [1.165, 1.54) is 0 Å². The molecule has 1 rings (SSSR count). The monoisotopic (exact) mass is 210 g/mol. The number of carbonyl (C=O) groups excluding carboxylic acids is 1. The third kappa shape index (κ3) is 2.16. The lowest BCUT2D eigenvalue weighted by Gasteiger charge is -2.27. The predicted octanol–water partition coefficient (Wildman–Crippen LogP) is 2.20. The van der Waals surface area contributed by atoms with E-state index in [9.17, 15) is 9.90 Å². The first-order valence-electron chi connectivity index (χ1n) is 4.42. The second kappa shape index (κ2) is 4.15.